The van der Waals surface area contributed by atoms with Crippen LogP contribution >= 0.6 is 23.5 Å². The van der Waals surface area contributed by atoms with Crippen molar-refractivity contribution >= 4 is 53.9 Å². The molecular weight excluding hydrogens is 667 g/mol. The van der Waals surface area contributed by atoms with Gasteiger partial charge in [0.15, 0.2) is 0 Å². The van der Waals surface area contributed by atoms with E-state index in [2.05, 4.69) is 17.2 Å². The van der Waals surface area contributed by atoms with Gasteiger partial charge in [-0.3, -0.25) is 39.0 Å². The minimum Gasteiger partial charge on any atom is -0.480 e. The molecule has 3 N–H and O–H groups in total. The lowest BCUT2D eigenvalue weighted by atomic mass is 10.2. The third-order valence-electron chi connectivity index (χ3n) is 7.93. The summed E-state index contributed by atoms with van der Waals surface area (Å²) in [4.78, 5) is 71.8. The molecule has 15 heteroatoms. The summed E-state index contributed by atoms with van der Waals surface area (Å²) < 4.78 is 0. The van der Waals surface area contributed by atoms with E-state index in [1.165, 1.54) is 0 Å². The van der Waals surface area contributed by atoms with E-state index in [1.54, 1.807) is 11.8 Å². The van der Waals surface area contributed by atoms with Crippen molar-refractivity contribution in [1.82, 2.24) is 35.2 Å². The van der Waals surface area contributed by atoms with Crippen LogP contribution in [0.1, 0.15) is 37.6 Å². The van der Waals surface area contributed by atoms with Crippen molar-refractivity contribution in [1.29, 1.82) is 0 Å². The normalized spacial score (nSPS) is 16.5. The Balaban J connectivity index is 1.73. The number of aromatic nitrogens is 1. The fourth-order valence-electron chi connectivity index (χ4n) is 5.14. The number of pyridine rings is 1. The Morgan fingerprint density at radius 1 is 0.857 bits per heavy atom. The highest BCUT2D eigenvalue weighted by Crippen LogP contribution is 2.15. The number of hydrogen-bond acceptors (Lipinski definition) is 12. The van der Waals surface area contributed by atoms with Gasteiger partial charge in [-0.25, -0.2) is 0 Å². The van der Waals surface area contributed by atoms with Gasteiger partial charge in [0.1, 0.15) is 12.6 Å². The minimum atomic E-state index is -0.921. The zero-order chi connectivity index (χ0) is 35.7. The van der Waals surface area contributed by atoms with Gasteiger partial charge >= 0.3 is 5.97 Å². The van der Waals surface area contributed by atoms with Gasteiger partial charge in [-0.15, -0.1) is 6.58 Å². The molecule has 274 valence electrons. The number of nitrogens with one attached hydrogen (secondary N) is 2. The predicted octanol–water partition coefficient (Wildman–Crippen LogP) is 1.23. The van der Waals surface area contributed by atoms with Gasteiger partial charge in [-0.1, -0.05) is 12.1 Å². The van der Waals surface area contributed by atoms with Crippen LogP contribution in [-0.4, -0.2) is 163 Å². The molecule has 49 heavy (non-hydrogen) atoms. The Hall–Kier alpha value is -2.82. The first-order valence-corrected chi connectivity index (χ1v) is 19.3. The summed E-state index contributed by atoms with van der Waals surface area (Å²) in [6.07, 6.45) is 5.59. The van der Waals surface area contributed by atoms with Crippen LogP contribution in [-0.2, 0) is 35.5 Å². The maximum Gasteiger partial charge on any atom is 0.317 e. The molecule has 1 unspecified atom stereocenters. The molecule has 1 aliphatic rings. The Labute approximate surface area is 300 Å². The molecule has 0 bridgehead atoms. The van der Waals surface area contributed by atoms with Crippen LogP contribution in [0.3, 0.4) is 0 Å². The van der Waals surface area contributed by atoms with E-state index in [0.29, 0.717) is 77.5 Å². The molecule has 2 rings (SSSR count). The van der Waals surface area contributed by atoms with Crippen LogP contribution in [0.15, 0.2) is 30.9 Å². The number of amides is 2. The number of carbonyl (C=O) groups excluding carboxylic acids is 4. The van der Waals surface area contributed by atoms with Gasteiger partial charge in [0, 0.05) is 88.6 Å². The molecule has 1 fully saturated rings. The minimum absolute atomic E-state index is 0.0168. The average Bonchev–Trinajstić information content (AvgIpc) is 3.06. The summed E-state index contributed by atoms with van der Waals surface area (Å²) in [5, 5.41) is 15.3. The lowest BCUT2D eigenvalue weighted by Crippen LogP contribution is -2.49. The third-order valence-corrected chi connectivity index (χ3v) is 9.95. The first-order valence-electron chi connectivity index (χ1n) is 17.0. The van der Waals surface area contributed by atoms with Crippen LogP contribution in [0, 0.1) is 0 Å². The summed E-state index contributed by atoms with van der Waals surface area (Å²) in [5.74, 6) is 2.30. The molecule has 1 saturated heterocycles. The molecule has 2 amide bonds. The maximum absolute atomic E-state index is 12.9. The van der Waals surface area contributed by atoms with Gasteiger partial charge in [0.05, 0.1) is 37.6 Å². The van der Waals surface area contributed by atoms with Gasteiger partial charge in [0.2, 0.25) is 11.8 Å². The number of nitrogens with zero attached hydrogens (tertiary/aromatic N) is 5. The molecular formula is C34H55N7O6S2. The zero-order valence-corrected chi connectivity index (χ0v) is 30.6. The van der Waals surface area contributed by atoms with E-state index < -0.39 is 5.97 Å². The van der Waals surface area contributed by atoms with E-state index in [9.17, 15) is 29.1 Å². The van der Waals surface area contributed by atoms with Crippen LogP contribution in [0.4, 0.5) is 0 Å². The zero-order valence-electron chi connectivity index (χ0n) is 28.9. The molecule has 1 aromatic heterocycles. The predicted molar refractivity (Wildman–Crippen MR) is 197 cm³/mol. The smallest absolute Gasteiger partial charge is 0.317 e. The molecule has 0 spiro atoms. The maximum atomic E-state index is 12.9. The van der Waals surface area contributed by atoms with Gasteiger partial charge in [0.25, 0.3) is 0 Å². The Kier molecular flexibility index (Phi) is 22.5. The second kappa shape index (κ2) is 26.1. The monoisotopic (exact) mass is 721 g/mol. The van der Waals surface area contributed by atoms with E-state index in [0.717, 1.165) is 47.6 Å². The molecule has 1 aliphatic heterocycles. The standard InChI is InChI=1S/C34H55N7O6S2/c1-3-4-23-48-27-30-6-5-7-31(37-30)28-49-24-9-32(44)36-29(2)8-10-35-33(45)25-40-15-11-38(19-21-42)13-17-41(26-34(46)47)18-14-39(12-16-40)20-22-43/h3,5-7,21-22,29H,1,4,8-20,23-28H2,2H3,(H,35,45)(H,36,44)(H,46,47). The van der Waals surface area contributed by atoms with Gasteiger partial charge in [-0.2, -0.15) is 23.5 Å². The van der Waals surface area contributed by atoms with Gasteiger partial charge < -0.3 is 25.3 Å². The quantitative estimate of drug-likeness (QED) is 0.0894. The lowest BCUT2D eigenvalue weighted by Gasteiger charge is -2.32. The highest BCUT2D eigenvalue weighted by molar-refractivity contribution is 7.98. The fourth-order valence-corrected chi connectivity index (χ4v) is 6.83. The number of aldehydes is 2. The fraction of sp³-hybridized carbons (Fsp3) is 0.647. The molecule has 0 aliphatic carbocycles. The van der Waals surface area contributed by atoms with E-state index in [-0.39, 0.29) is 44.0 Å². The van der Waals surface area contributed by atoms with Crippen molar-refractivity contribution in [2.24, 2.45) is 0 Å². The number of rotatable bonds is 22. The summed E-state index contributed by atoms with van der Waals surface area (Å²) in [6.45, 7) is 10.8. The molecule has 0 saturated carbocycles. The van der Waals surface area contributed by atoms with Crippen LogP contribution in [0.2, 0.25) is 0 Å². The highest BCUT2D eigenvalue weighted by atomic mass is 32.2. The van der Waals surface area contributed by atoms with E-state index in [4.69, 9.17) is 4.98 Å². The number of hydrogen-bond donors (Lipinski definition) is 3. The number of aliphatic carboxylic acids is 1. The SMILES string of the molecule is C=CCCSCc1cccc(CSCCC(=O)NC(C)CCNC(=O)CN2CCN(CC=O)CCN(CC(=O)O)CCN(CC=O)CC2)n1. The second-order valence-electron chi connectivity index (χ2n) is 12.0. The largest absolute Gasteiger partial charge is 0.480 e. The molecule has 13 nitrogen and oxygen atoms in total. The first kappa shape index (κ1) is 42.3. The lowest BCUT2D eigenvalue weighted by molar-refractivity contribution is -0.138. The van der Waals surface area contributed by atoms with E-state index >= 15 is 0 Å². The van der Waals surface area contributed by atoms with Gasteiger partial charge in [-0.05, 0) is 37.7 Å². The summed E-state index contributed by atoms with van der Waals surface area (Å²) in [6, 6.07) is 6.00. The number of allylic oxidation sites excluding steroid dienone is 1. The molecule has 1 atom stereocenters. The highest BCUT2D eigenvalue weighted by Gasteiger charge is 2.19. The molecule has 2 heterocycles. The number of carboxylic acid groups (broad SMARTS) is 1. The van der Waals surface area contributed by atoms with Crippen LogP contribution in [0.25, 0.3) is 0 Å². The van der Waals surface area contributed by atoms with Crippen molar-refractivity contribution in [2.45, 2.75) is 43.7 Å². The number of carbonyl (C=O) groups is 5. The first-order chi connectivity index (χ1) is 23.7. The van der Waals surface area contributed by atoms with Crippen molar-refractivity contribution in [2.75, 3.05) is 96.6 Å². The summed E-state index contributed by atoms with van der Waals surface area (Å²) >= 11 is 3.53. The van der Waals surface area contributed by atoms with Crippen molar-refractivity contribution < 1.29 is 29.1 Å². The summed E-state index contributed by atoms with van der Waals surface area (Å²) in [5.41, 5.74) is 2.09. The van der Waals surface area contributed by atoms with Crippen molar-refractivity contribution in [3.8, 4) is 0 Å². The Bertz CT molecular complexity index is 1140. The number of thioether (sulfide) groups is 2. The Morgan fingerprint density at radius 3 is 1.92 bits per heavy atom. The molecule has 0 aromatic carbocycles. The van der Waals surface area contributed by atoms with Crippen LogP contribution in [0.5, 0.6) is 0 Å². The number of carboxylic acids is 1. The summed E-state index contributed by atoms with van der Waals surface area (Å²) in [7, 11) is 0. The third kappa shape index (κ3) is 20.5. The van der Waals surface area contributed by atoms with E-state index in [1.807, 2.05) is 62.6 Å². The molecule has 1 aromatic rings. The van der Waals surface area contributed by atoms with Crippen molar-refractivity contribution in [3.05, 3.63) is 42.2 Å². The Morgan fingerprint density at radius 2 is 1.39 bits per heavy atom. The molecule has 0 radical (unpaired) electrons. The second-order valence-corrected chi connectivity index (χ2v) is 14.3. The van der Waals surface area contributed by atoms with Crippen molar-refractivity contribution in [3.63, 3.8) is 0 Å². The topological polar surface area (TPSA) is 155 Å². The van der Waals surface area contributed by atoms with Crippen LogP contribution < -0.4 is 10.6 Å². The average molecular weight is 722 g/mol.